The first-order valence-electron chi connectivity index (χ1n) is 6.57. The van der Waals surface area contributed by atoms with Gasteiger partial charge in [0.1, 0.15) is 5.75 Å². The zero-order chi connectivity index (χ0) is 13.6. The van der Waals surface area contributed by atoms with Crippen molar-refractivity contribution in [2.24, 2.45) is 5.92 Å². The molecule has 0 spiro atoms. The molecule has 2 nitrogen and oxygen atoms in total. The maximum Gasteiger partial charge on any atom is 0.209 e. The van der Waals surface area contributed by atoms with E-state index < -0.39 is 5.79 Å². The van der Waals surface area contributed by atoms with Crippen LogP contribution in [-0.4, -0.2) is 12.4 Å². The monoisotopic (exact) mass is 248 g/mol. The molecule has 0 aliphatic carbocycles. The lowest BCUT2D eigenvalue weighted by Gasteiger charge is -2.34. The molecule has 1 aromatic rings. The lowest BCUT2D eigenvalue weighted by atomic mass is 10.0. The van der Waals surface area contributed by atoms with Crippen molar-refractivity contribution in [3.05, 3.63) is 36.4 Å². The van der Waals surface area contributed by atoms with Gasteiger partial charge in [0, 0.05) is 12.8 Å². The molecule has 18 heavy (non-hydrogen) atoms. The van der Waals surface area contributed by atoms with Gasteiger partial charge < -0.3 is 9.47 Å². The maximum atomic E-state index is 6.01. The predicted molar refractivity (Wildman–Crippen MR) is 76.6 cm³/mol. The molecule has 0 saturated carbocycles. The fourth-order valence-corrected chi connectivity index (χ4v) is 1.52. The predicted octanol–water partition coefficient (Wildman–Crippen LogP) is 4.51. The minimum Gasteiger partial charge on any atom is -0.462 e. The Kier molecular flexibility index (Phi) is 5.42. The zero-order valence-electron chi connectivity index (χ0n) is 11.9. The third kappa shape index (κ3) is 3.88. The van der Waals surface area contributed by atoms with Gasteiger partial charge in [-0.1, -0.05) is 45.6 Å². The Morgan fingerprint density at radius 1 is 1.28 bits per heavy atom. The highest BCUT2D eigenvalue weighted by molar-refractivity contribution is 5.48. The molecule has 100 valence electrons. The summed E-state index contributed by atoms with van der Waals surface area (Å²) in [5, 5.41) is 0. The van der Waals surface area contributed by atoms with Crippen molar-refractivity contribution in [1.29, 1.82) is 0 Å². The molecular weight excluding hydrogens is 224 g/mol. The van der Waals surface area contributed by atoms with Crippen LogP contribution in [0, 0.1) is 5.92 Å². The van der Waals surface area contributed by atoms with Crippen LogP contribution >= 0.6 is 0 Å². The first-order valence-corrected chi connectivity index (χ1v) is 6.57. The average molecular weight is 248 g/mol. The zero-order valence-corrected chi connectivity index (χ0v) is 11.9. The Bertz CT molecular complexity index is 367. The minimum absolute atomic E-state index is 0.281. The fourth-order valence-electron chi connectivity index (χ4n) is 1.52. The van der Waals surface area contributed by atoms with Crippen molar-refractivity contribution in [3.63, 3.8) is 0 Å². The van der Waals surface area contributed by atoms with Gasteiger partial charge in [-0.2, -0.15) is 0 Å². The Hall–Kier alpha value is -1.28. The van der Waals surface area contributed by atoms with Gasteiger partial charge in [-0.3, -0.25) is 0 Å². The van der Waals surface area contributed by atoms with Gasteiger partial charge >= 0.3 is 0 Å². The lowest BCUT2D eigenvalue weighted by Crippen LogP contribution is -2.41. The van der Waals surface area contributed by atoms with Crippen LogP contribution in [0.1, 0.15) is 39.7 Å². The molecule has 1 unspecified atom stereocenters. The molecule has 0 aliphatic rings. The average Bonchev–Trinajstić information content (AvgIpc) is 2.37. The van der Waals surface area contributed by atoms with Gasteiger partial charge in [-0.25, -0.2) is 0 Å². The van der Waals surface area contributed by atoms with Crippen LogP contribution in [0.15, 0.2) is 30.8 Å². The first kappa shape index (κ1) is 14.8. The van der Waals surface area contributed by atoms with E-state index in [-0.39, 0.29) is 5.92 Å². The van der Waals surface area contributed by atoms with Crippen molar-refractivity contribution in [3.8, 4) is 5.75 Å². The Labute approximate surface area is 111 Å². The molecule has 0 heterocycles. The quantitative estimate of drug-likeness (QED) is 0.661. The summed E-state index contributed by atoms with van der Waals surface area (Å²) in [5.74, 6) is 0.530. The van der Waals surface area contributed by atoms with E-state index in [0.29, 0.717) is 6.61 Å². The molecule has 0 radical (unpaired) electrons. The van der Waals surface area contributed by atoms with Crippen molar-refractivity contribution < 1.29 is 9.47 Å². The van der Waals surface area contributed by atoms with Crippen LogP contribution in [0.25, 0.3) is 6.08 Å². The van der Waals surface area contributed by atoms with Crippen LogP contribution in [0.4, 0.5) is 0 Å². The number of hydrogen-bond acceptors (Lipinski definition) is 2. The van der Waals surface area contributed by atoms with E-state index >= 15 is 0 Å². The van der Waals surface area contributed by atoms with Crippen LogP contribution in [0.3, 0.4) is 0 Å². The van der Waals surface area contributed by atoms with Crippen LogP contribution < -0.4 is 4.74 Å². The van der Waals surface area contributed by atoms with Gasteiger partial charge in [0.15, 0.2) is 0 Å². The van der Waals surface area contributed by atoms with Crippen LogP contribution in [0.5, 0.6) is 5.75 Å². The summed E-state index contributed by atoms with van der Waals surface area (Å²) >= 11 is 0. The van der Waals surface area contributed by atoms with Crippen molar-refractivity contribution in [2.75, 3.05) is 6.61 Å². The van der Waals surface area contributed by atoms with Crippen LogP contribution in [-0.2, 0) is 4.74 Å². The van der Waals surface area contributed by atoms with Gasteiger partial charge in [0.05, 0.1) is 6.61 Å². The van der Waals surface area contributed by atoms with E-state index in [2.05, 4.69) is 27.4 Å². The van der Waals surface area contributed by atoms with Gasteiger partial charge in [-0.05, 0) is 24.1 Å². The summed E-state index contributed by atoms with van der Waals surface area (Å²) < 4.78 is 11.9. The number of ether oxygens (including phenoxy) is 2. The molecule has 0 saturated heterocycles. The lowest BCUT2D eigenvalue weighted by molar-refractivity contribution is -0.197. The fraction of sp³-hybridized carbons (Fsp3) is 0.500. The molecule has 1 rings (SSSR count). The molecule has 0 bridgehead atoms. The Balaban J connectivity index is 2.78. The molecule has 0 N–H and O–H groups in total. The second-order valence-electron chi connectivity index (χ2n) is 4.89. The molecule has 2 heteroatoms. The molecule has 0 aromatic heterocycles. The van der Waals surface area contributed by atoms with Gasteiger partial charge in [-0.15, -0.1) is 0 Å². The number of rotatable bonds is 7. The summed E-state index contributed by atoms with van der Waals surface area (Å²) in [6.45, 7) is 12.7. The second kappa shape index (κ2) is 6.60. The Morgan fingerprint density at radius 3 is 2.33 bits per heavy atom. The van der Waals surface area contributed by atoms with E-state index in [4.69, 9.17) is 9.47 Å². The normalized spacial score (nSPS) is 14.3. The highest BCUT2D eigenvalue weighted by atomic mass is 16.7. The van der Waals surface area contributed by atoms with E-state index in [1.165, 1.54) is 0 Å². The van der Waals surface area contributed by atoms with E-state index in [0.717, 1.165) is 17.7 Å². The van der Waals surface area contributed by atoms with Crippen molar-refractivity contribution in [2.45, 2.75) is 39.9 Å². The second-order valence-corrected chi connectivity index (χ2v) is 4.89. The highest BCUT2D eigenvalue weighted by Gasteiger charge is 2.31. The highest BCUT2D eigenvalue weighted by Crippen LogP contribution is 2.27. The summed E-state index contributed by atoms with van der Waals surface area (Å²) in [5.41, 5.74) is 1.09. The summed E-state index contributed by atoms with van der Waals surface area (Å²) in [4.78, 5) is 0. The smallest absolute Gasteiger partial charge is 0.209 e. The molecule has 0 fully saturated rings. The van der Waals surface area contributed by atoms with Crippen molar-refractivity contribution >= 4 is 6.08 Å². The van der Waals surface area contributed by atoms with E-state index in [1.54, 1.807) is 0 Å². The van der Waals surface area contributed by atoms with Gasteiger partial charge in [0.25, 0.3) is 0 Å². The SMILES string of the molecule is C=Cc1ccc(OC(C)(OCCC)C(C)C)cc1. The van der Waals surface area contributed by atoms with Crippen LogP contribution in [0.2, 0.25) is 0 Å². The van der Waals surface area contributed by atoms with E-state index in [9.17, 15) is 0 Å². The topological polar surface area (TPSA) is 18.5 Å². The molecule has 0 aliphatic heterocycles. The van der Waals surface area contributed by atoms with E-state index in [1.807, 2.05) is 37.3 Å². The number of hydrogen-bond donors (Lipinski definition) is 0. The summed E-state index contributed by atoms with van der Waals surface area (Å²) in [6.07, 6.45) is 2.81. The molecule has 1 atom stereocenters. The molecule has 1 aromatic carbocycles. The van der Waals surface area contributed by atoms with Gasteiger partial charge in [0.2, 0.25) is 5.79 Å². The summed E-state index contributed by atoms with van der Waals surface area (Å²) in [7, 11) is 0. The number of benzene rings is 1. The Morgan fingerprint density at radius 2 is 1.89 bits per heavy atom. The maximum absolute atomic E-state index is 6.01. The third-order valence-electron chi connectivity index (χ3n) is 3.08. The minimum atomic E-state index is -0.578. The molecular formula is C16H24O2. The summed E-state index contributed by atoms with van der Waals surface area (Å²) in [6, 6.07) is 7.88. The van der Waals surface area contributed by atoms with Crippen molar-refractivity contribution in [1.82, 2.24) is 0 Å². The standard InChI is InChI=1S/C16H24O2/c1-6-12-17-16(5,13(3)4)18-15-10-8-14(7-2)9-11-15/h7-11,13H,2,6,12H2,1,3-5H3. The largest absolute Gasteiger partial charge is 0.462 e. The third-order valence-corrected chi connectivity index (χ3v) is 3.08. The molecule has 0 amide bonds. The first-order chi connectivity index (χ1) is 8.51.